The molecule has 1 aromatic carbocycles. The topological polar surface area (TPSA) is 64.4 Å². The minimum atomic E-state index is -0.516. The molecule has 0 saturated carbocycles. The minimum Gasteiger partial charge on any atom is -0.469 e. The summed E-state index contributed by atoms with van der Waals surface area (Å²) in [7, 11) is 0. The first-order valence-electron chi connectivity index (χ1n) is 8.98. The summed E-state index contributed by atoms with van der Waals surface area (Å²) in [6, 6.07) is 11.7. The summed E-state index contributed by atoms with van der Waals surface area (Å²) < 4.78 is 24.9. The first-order valence-corrected chi connectivity index (χ1v) is 8.98. The van der Waals surface area contributed by atoms with Crippen LogP contribution in [0.1, 0.15) is 24.7 Å². The molecular weight excluding hydrogens is 359 g/mol. The highest BCUT2D eigenvalue weighted by atomic mass is 19.1. The maximum atomic E-state index is 14.2. The number of furan rings is 1. The van der Waals surface area contributed by atoms with E-state index >= 15 is 0 Å². The molecule has 28 heavy (non-hydrogen) atoms. The van der Waals surface area contributed by atoms with Crippen molar-refractivity contribution < 1.29 is 18.3 Å². The summed E-state index contributed by atoms with van der Waals surface area (Å²) in [5, 5.41) is 2.88. The Bertz CT molecular complexity index is 924. The lowest BCUT2D eigenvalue weighted by atomic mass is 10.1. The summed E-state index contributed by atoms with van der Waals surface area (Å²) in [6.45, 7) is 1.93. The highest BCUT2D eigenvalue weighted by Gasteiger charge is 2.08. The molecule has 0 fully saturated rings. The molecule has 3 rings (SSSR count). The molecule has 3 aromatic rings. The predicted molar refractivity (Wildman–Crippen MR) is 104 cm³/mol. The molecule has 2 heterocycles. The number of carbonyl (C=O) groups excluding carboxylic acids is 1. The Morgan fingerprint density at radius 2 is 2.21 bits per heavy atom. The molecule has 0 saturated heterocycles. The average Bonchev–Trinajstić information content (AvgIpc) is 3.21. The zero-order chi connectivity index (χ0) is 19.8. The predicted octanol–water partition coefficient (Wildman–Crippen LogP) is 4.76. The van der Waals surface area contributed by atoms with Crippen molar-refractivity contribution >= 4 is 12.0 Å². The molecule has 0 aliphatic heterocycles. The van der Waals surface area contributed by atoms with Crippen LogP contribution in [0.15, 0.2) is 71.6 Å². The van der Waals surface area contributed by atoms with Crippen LogP contribution in [-0.4, -0.2) is 16.9 Å². The molecule has 2 aromatic heterocycles. The molecule has 0 spiro atoms. The average molecular weight is 380 g/mol. The molecule has 1 amide bonds. The number of carbonyl (C=O) groups is 1. The number of aromatic nitrogens is 1. The van der Waals surface area contributed by atoms with E-state index in [4.69, 9.17) is 9.15 Å². The van der Waals surface area contributed by atoms with Crippen LogP contribution in [0.3, 0.4) is 0 Å². The number of hydrogen-bond acceptors (Lipinski definition) is 4. The molecule has 1 N–H and O–H groups in total. The van der Waals surface area contributed by atoms with Gasteiger partial charge in [0.1, 0.15) is 11.5 Å². The monoisotopic (exact) mass is 380 g/mol. The van der Waals surface area contributed by atoms with E-state index in [2.05, 4.69) is 10.3 Å². The number of ether oxygens (including phenoxy) is 1. The maximum Gasteiger partial charge on any atom is 0.244 e. The van der Waals surface area contributed by atoms with E-state index in [-0.39, 0.29) is 17.7 Å². The van der Waals surface area contributed by atoms with Crippen LogP contribution in [0.2, 0.25) is 0 Å². The third kappa shape index (κ3) is 5.81. The molecule has 0 bridgehead atoms. The van der Waals surface area contributed by atoms with E-state index in [1.807, 2.05) is 19.1 Å². The van der Waals surface area contributed by atoms with E-state index in [0.29, 0.717) is 11.3 Å². The van der Waals surface area contributed by atoms with Crippen LogP contribution in [0.25, 0.3) is 6.08 Å². The van der Waals surface area contributed by atoms with Crippen LogP contribution in [0, 0.1) is 5.82 Å². The number of rotatable bonds is 8. The van der Waals surface area contributed by atoms with Crippen molar-refractivity contribution in [1.82, 2.24) is 10.3 Å². The second-order valence-corrected chi connectivity index (χ2v) is 6.34. The molecule has 5 nitrogen and oxygen atoms in total. The summed E-state index contributed by atoms with van der Waals surface area (Å²) >= 11 is 0. The normalized spacial score (nSPS) is 12.1. The van der Waals surface area contributed by atoms with Crippen LogP contribution in [-0.2, 0) is 11.2 Å². The summed E-state index contributed by atoms with van der Waals surface area (Å²) in [5.41, 5.74) is 0.564. The Labute approximate surface area is 162 Å². The van der Waals surface area contributed by atoms with Crippen molar-refractivity contribution in [3.63, 3.8) is 0 Å². The standard InChI is InChI=1S/C22H21FN2O3/c1-16(6-9-18-5-3-13-27-18)25-22(26)11-8-17-7-10-21(20(23)14-17)28-19-4-2-12-24-15-19/h2-5,7-8,10-16H,6,9H2,1H3,(H,25,26)/b11-8+. The highest BCUT2D eigenvalue weighted by molar-refractivity contribution is 5.91. The van der Waals surface area contributed by atoms with E-state index < -0.39 is 5.82 Å². The highest BCUT2D eigenvalue weighted by Crippen LogP contribution is 2.24. The van der Waals surface area contributed by atoms with E-state index in [1.54, 1.807) is 36.7 Å². The first-order chi connectivity index (χ1) is 13.6. The Kier molecular flexibility index (Phi) is 6.57. The van der Waals surface area contributed by atoms with Gasteiger partial charge in [-0.05, 0) is 61.4 Å². The molecular formula is C22H21FN2O3. The summed E-state index contributed by atoms with van der Waals surface area (Å²) in [6.07, 6.45) is 9.22. The van der Waals surface area contributed by atoms with E-state index in [9.17, 15) is 9.18 Å². The van der Waals surface area contributed by atoms with Gasteiger partial charge in [-0.2, -0.15) is 0 Å². The van der Waals surface area contributed by atoms with Crippen molar-refractivity contribution in [2.45, 2.75) is 25.8 Å². The number of amides is 1. The van der Waals surface area contributed by atoms with E-state index in [1.165, 1.54) is 24.4 Å². The lowest BCUT2D eigenvalue weighted by molar-refractivity contribution is -0.117. The lowest BCUT2D eigenvalue weighted by Crippen LogP contribution is -2.31. The molecule has 6 heteroatoms. The molecule has 1 unspecified atom stereocenters. The fourth-order valence-electron chi connectivity index (χ4n) is 2.59. The Morgan fingerprint density at radius 3 is 2.93 bits per heavy atom. The van der Waals surface area contributed by atoms with Gasteiger partial charge in [0.05, 0.1) is 12.5 Å². The summed E-state index contributed by atoms with van der Waals surface area (Å²) in [5.74, 6) is 0.690. The fraction of sp³-hybridized carbons (Fsp3) is 0.182. The quantitative estimate of drug-likeness (QED) is 0.573. The van der Waals surface area contributed by atoms with E-state index in [0.717, 1.165) is 18.6 Å². The number of hydrogen-bond donors (Lipinski definition) is 1. The van der Waals surface area contributed by atoms with Crippen molar-refractivity contribution in [2.24, 2.45) is 0 Å². The van der Waals surface area contributed by atoms with Gasteiger partial charge in [-0.15, -0.1) is 0 Å². The van der Waals surface area contributed by atoms with Crippen LogP contribution < -0.4 is 10.1 Å². The van der Waals surface area contributed by atoms with Gasteiger partial charge in [-0.25, -0.2) is 4.39 Å². The van der Waals surface area contributed by atoms with Gasteiger partial charge in [0.2, 0.25) is 5.91 Å². The number of halogens is 1. The van der Waals surface area contributed by atoms with Crippen molar-refractivity contribution in [3.05, 3.63) is 84.3 Å². The Morgan fingerprint density at radius 1 is 1.32 bits per heavy atom. The maximum absolute atomic E-state index is 14.2. The third-order valence-corrected chi connectivity index (χ3v) is 4.04. The molecule has 0 aliphatic carbocycles. The molecule has 0 radical (unpaired) electrons. The van der Waals surface area contributed by atoms with Gasteiger partial charge in [0, 0.05) is 24.7 Å². The van der Waals surface area contributed by atoms with Crippen LogP contribution in [0.4, 0.5) is 4.39 Å². The lowest BCUT2D eigenvalue weighted by Gasteiger charge is -2.11. The smallest absolute Gasteiger partial charge is 0.244 e. The first kappa shape index (κ1) is 19.4. The Hall–Kier alpha value is -3.41. The number of nitrogens with one attached hydrogen (secondary N) is 1. The third-order valence-electron chi connectivity index (χ3n) is 4.04. The van der Waals surface area contributed by atoms with Gasteiger partial charge < -0.3 is 14.5 Å². The van der Waals surface area contributed by atoms with Crippen molar-refractivity contribution in [2.75, 3.05) is 0 Å². The number of benzene rings is 1. The van der Waals surface area contributed by atoms with Gasteiger partial charge >= 0.3 is 0 Å². The van der Waals surface area contributed by atoms with Crippen LogP contribution in [0.5, 0.6) is 11.5 Å². The van der Waals surface area contributed by atoms with Gasteiger partial charge in [0.15, 0.2) is 11.6 Å². The molecule has 1 atom stereocenters. The van der Waals surface area contributed by atoms with Crippen LogP contribution >= 0.6 is 0 Å². The number of aryl methyl sites for hydroxylation is 1. The van der Waals surface area contributed by atoms with Gasteiger partial charge in [0.25, 0.3) is 0 Å². The zero-order valence-electron chi connectivity index (χ0n) is 15.5. The minimum absolute atomic E-state index is 0.00533. The van der Waals surface area contributed by atoms with Crippen molar-refractivity contribution in [1.29, 1.82) is 0 Å². The summed E-state index contributed by atoms with van der Waals surface area (Å²) in [4.78, 5) is 16.0. The Balaban J connectivity index is 1.51. The van der Waals surface area contributed by atoms with Crippen molar-refractivity contribution in [3.8, 4) is 11.5 Å². The van der Waals surface area contributed by atoms with Gasteiger partial charge in [-0.3, -0.25) is 9.78 Å². The molecule has 144 valence electrons. The molecule has 0 aliphatic rings. The van der Waals surface area contributed by atoms with Gasteiger partial charge in [-0.1, -0.05) is 6.07 Å². The number of pyridine rings is 1. The largest absolute Gasteiger partial charge is 0.469 e. The number of nitrogens with zero attached hydrogens (tertiary/aromatic N) is 1. The zero-order valence-corrected chi connectivity index (χ0v) is 15.5. The SMILES string of the molecule is CC(CCc1ccco1)NC(=O)/C=C/c1ccc(Oc2cccnc2)c(F)c1. The second-order valence-electron chi connectivity index (χ2n) is 6.34. The second kappa shape index (κ2) is 9.50. The fourth-order valence-corrected chi connectivity index (χ4v) is 2.59.